The van der Waals surface area contributed by atoms with E-state index in [4.69, 9.17) is 8.83 Å². The van der Waals surface area contributed by atoms with Crippen molar-refractivity contribution in [2.24, 2.45) is 0 Å². The number of amides is 2. The van der Waals surface area contributed by atoms with Crippen LogP contribution in [-0.4, -0.2) is 11.8 Å². The number of anilines is 1. The van der Waals surface area contributed by atoms with Crippen molar-refractivity contribution in [2.45, 2.75) is 0 Å². The maximum Gasteiger partial charge on any atom is 0.305 e. The van der Waals surface area contributed by atoms with Gasteiger partial charge in [-0.15, -0.1) is 0 Å². The molecular formula is C42H23I2NO4. The molecule has 1 aliphatic heterocycles. The second-order valence-corrected chi connectivity index (χ2v) is 14.1. The summed E-state index contributed by atoms with van der Waals surface area (Å²) >= 11 is 4.52. The highest BCUT2D eigenvalue weighted by atomic mass is 127. The van der Waals surface area contributed by atoms with Gasteiger partial charge in [-0.05, 0) is 90.0 Å². The zero-order valence-electron chi connectivity index (χ0n) is 25.6. The molecule has 0 saturated heterocycles. The predicted molar refractivity (Wildman–Crippen MR) is 213 cm³/mol. The van der Waals surface area contributed by atoms with E-state index in [-0.39, 0.29) is 11.5 Å². The van der Waals surface area contributed by atoms with Crippen molar-refractivity contribution >= 4 is 106 Å². The predicted octanol–water partition coefficient (Wildman–Crippen LogP) is 12.0. The second-order valence-electron chi connectivity index (χ2n) is 11.8. The van der Waals surface area contributed by atoms with E-state index in [1.165, 1.54) is 4.90 Å². The van der Waals surface area contributed by atoms with Gasteiger partial charge in [-0.2, -0.15) is 0 Å². The Morgan fingerprint density at radius 3 is 1.33 bits per heavy atom. The van der Waals surface area contributed by atoms with Gasteiger partial charge in [0.2, 0.25) is 11.5 Å². The number of imide groups is 1. The number of carbonyl (C=O) groups is 2. The van der Waals surface area contributed by atoms with Gasteiger partial charge >= 0.3 is 11.8 Å². The lowest BCUT2D eigenvalue weighted by atomic mass is 9.95. The van der Waals surface area contributed by atoms with E-state index in [9.17, 15) is 9.59 Å². The number of carbonyl (C=O) groups excluding carboxylic acids is 2. The van der Waals surface area contributed by atoms with Gasteiger partial charge in [-0.25, -0.2) is 4.90 Å². The minimum absolute atomic E-state index is 0.143. The fourth-order valence-electron chi connectivity index (χ4n) is 6.85. The highest BCUT2D eigenvalue weighted by molar-refractivity contribution is 14.1. The van der Waals surface area contributed by atoms with Crippen molar-refractivity contribution in [1.29, 1.82) is 0 Å². The first-order chi connectivity index (χ1) is 24.0. The van der Waals surface area contributed by atoms with Crippen molar-refractivity contribution in [2.75, 3.05) is 4.90 Å². The molecule has 8 aromatic rings. The molecule has 234 valence electrons. The van der Waals surface area contributed by atoms with Crippen LogP contribution < -0.4 is 4.90 Å². The third-order valence-electron chi connectivity index (χ3n) is 9.00. The molecule has 0 radical (unpaired) electrons. The zero-order valence-corrected chi connectivity index (χ0v) is 29.9. The standard InChI is InChI=1S/C42H23I2NO4/c43-32-22-26-16-7-9-18-28(26)34-35-29-19-10-8-17-27(29)23-33(44)38(35)49-40-39(48-37(32)34)41(46)45(42(40)47)36-30(24-12-3-1-4-13-24)20-11-21-31(36)25-14-5-2-6-15-25/h1-23H. The van der Waals surface area contributed by atoms with Gasteiger partial charge in [-0.3, -0.25) is 9.59 Å². The minimum atomic E-state index is -0.588. The largest absolute Gasteiger partial charge is 0.446 e. The number of hydrogen-bond acceptors (Lipinski definition) is 4. The molecule has 5 nitrogen and oxygen atoms in total. The highest BCUT2D eigenvalue weighted by Gasteiger charge is 2.44. The Kier molecular flexibility index (Phi) is 7.28. The van der Waals surface area contributed by atoms with Gasteiger partial charge in [0.15, 0.2) is 0 Å². The summed E-state index contributed by atoms with van der Waals surface area (Å²) in [7, 11) is 0. The number of halogens is 2. The van der Waals surface area contributed by atoms with E-state index in [0.29, 0.717) is 16.9 Å². The van der Waals surface area contributed by atoms with Crippen LogP contribution in [0.3, 0.4) is 0 Å². The summed E-state index contributed by atoms with van der Waals surface area (Å²) in [5, 5.41) is 5.58. The molecule has 2 amide bonds. The first-order valence-corrected chi connectivity index (χ1v) is 17.8. The molecule has 9 rings (SSSR count). The minimum Gasteiger partial charge on any atom is -0.446 e. The van der Waals surface area contributed by atoms with E-state index < -0.39 is 11.8 Å². The van der Waals surface area contributed by atoms with Crippen molar-refractivity contribution in [1.82, 2.24) is 0 Å². The average molecular weight is 859 g/mol. The van der Waals surface area contributed by atoms with Gasteiger partial charge in [0, 0.05) is 21.9 Å². The Morgan fingerprint density at radius 2 is 0.878 bits per heavy atom. The van der Waals surface area contributed by atoms with Crippen LogP contribution >= 0.6 is 45.2 Å². The molecule has 1 aliphatic rings. The number of benzene rings is 7. The van der Waals surface area contributed by atoms with Gasteiger partial charge in [0.05, 0.1) is 12.8 Å². The smallest absolute Gasteiger partial charge is 0.305 e. The van der Waals surface area contributed by atoms with Crippen LogP contribution in [0.4, 0.5) is 5.69 Å². The Labute approximate surface area is 307 Å². The third kappa shape index (κ3) is 4.78. The number of hydrogen-bond donors (Lipinski definition) is 0. The van der Waals surface area contributed by atoms with Crippen molar-refractivity contribution in [3.63, 3.8) is 0 Å². The SMILES string of the molecule is O=C1c2oc3c(I)cc4ccccc4c3c3c(oc2C(=O)N1c1c(-c2ccccc2)cccc1-c1ccccc1)c(I)cc1ccccc13. The molecule has 0 bridgehead atoms. The van der Waals surface area contributed by atoms with Crippen molar-refractivity contribution in [3.05, 3.63) is 158 Å². The van der Waals surface area contributed by atoms with E-state index >= 15 is 0 Å². The first-order valence-electron chi connectivity index (χ1n) is 15.6. The molecule has 0 N–H and O–H groups in total. The van der Waals surface area contributed by atoms with Gasteiger partial charge in [0.1, 0.15) is 11.2 Å². The maximum absolute atomic E-state index is 14.8. The molecule has 7 aromatic carbocycles. The lowest BCUT2D eigenvalue weighted by Gasteiger charge is -2.22. The molecule has 1 aromatic heterocycles. The molecule has 0 atom stereocenters. The fraction of sp³-hybridized carbons (Fsp3) is 0. The van der Waals surface area contributed by atoms with Crippen LogP contribution in [-0.2, 0) is 0 Å². The monoisotopic (exact) mass is 859 g/mol. The summed E-state index contributed by atoms with van der Waals surface area (Å²) < 4.78 is 15.0. The highest BCUT2D eigenvalue weighted by Crippen LogP contribution is 2.45. The Bertz CT molecular complexity index is 2550. The third-order valence-corrected chi connectivity index (χ3v) is 10.6. The Morgan fingerprint density at radius 1 is 0.469 bits per heavy atom. The van der Waals surface area contributed by atoms with Gasteiger partial charge in [0.25, 0.3) is 0 Å². The number of fused-ring (bicyclic) bond motifs is 8. The van der Waals surface area contributed by atoms with E-state index in [0.717, 1.165) is 61.7 Å². The number of para-hydroxylation sites is 1. The molecule has 0 aliphatic carbocycles. The Balaban J connectivity index is 1.42. The van der Waals surface area contributed by atoms with Gasteiger partial charge < -0.3 is 8.83 Å². The zero-order chi connectivity index (χ0) is 33.2. The Hall–Kier alpha value is -5.00. The molecule has 2 heterocycles. The molecular weight excluding hydrogens is 836 g/mol. The van der Waals surface area contributed by atoms with Crippen LogP contribution in [0.25, 0.3) is 65.7 Å². The molecule has 7 heteroatoms. The summed E-state index contributed by atoms with van der Waals surface area (Å²) in [6, 6.07) is 45.7. The van der Waals surface area contributed by atoms with Crippen LogP contribution in [0.1, 0.15) is 21.1 Å². The first kappa shape index (κ1) is 30.1. The second kappa shape index (κ2) is 11.9. The average Bonchev–Trinajstić information content (AvgIpc) is 3.35. The molecule has 0 saturated carbocycles. The van der Waals surface area contributed by atoms with Crippen LogP contribution in [0.15, 0.2) is 148 Å². The van der Waals surface area contributed by atoms with Crippen molar-refractivity contribution < 1.29 is 18.4 Å². The summed E-state index contributed by atoms with van der Waals surface area (Å²) in [6.07, 6.45) is 0. The summed E-state index contributed by atoms with van der Waals surface area (Å²) in [6.45, 7) is 0. The number of rotatable bonds is 3. The van der Waals surface area contributed by atoms with Crippen molar-refractivity contribution in [3.8, 4) is 22.3 Å². The summed E-state index contributed by atoms with van der Waals surface area (Å²) in [5.74, 6) is -1.46. The number of nitrogens with zero attached hydrogens (tertiary/aromatic N) is 1. The molecule has 0 unspecified atom stereocenters. The van der Waals surface area contributed by atoms with Gasteiger partial charge in [-0.1, -0.05) is 127 Å². The lowest BCUT2D eigenvalue weighted by Crippen LogP contribution is -2.30. The maximum atomic E-state index is 14.8. The van der Waals surface area contributed by atoms with Crippen LogP contribution in [0.5, 0.6) is 0 Å². The fourth-order valence-corrected chi connectivity index (χ4v) is 8.28. The van der Waals surface area contributed by atoms with E-state index in [1.54, 1.807) is 0 Å². The van der Waals surface area contributed by atoms with E-state index in [1.807, 2.05) is 115 Å². The lowest BCUT2D eigenvalue weighted by molar-refractivity contribution is 0.0911. The van der Waals surface area contributed by atoms with Crippen LogP contribution in [0.2, 0.25) is 0 Å². The molecule has 0 spiro atoms. The van der Waals surface area contributed by atoms with E-state index in [2.05, 4.69) is 69.4 Å². The van der Waals surface area contributed by atoms with Crippen LogP contribution in [0, 0.1) is 7.14 Å². The summed E-state index contributed by atoms with van der Waals surface area (Å²) in [5.41, 5.74) is 4.69. The summed E-state index contributed by atoms with van der Waals surface area (Å²) in [4.78, 5) is 30.9. The quantitative estimate of drug-likeness (QED) is 0.131. The molecule has 0 fully saturated rings. The topological polar surface area (TPSA) is 63.7 Å². The normalized spacial score (nSPS) is 12.7. The molecule has 49 heavy (non-hydrogen) atoms.